The van der Waals surface area contributed by atoms with Crippen LogP contribution in [0.15, 0.2) is 59.6 Å². The number of hydrogen-bond donors (Lipinski definition) is 0. The lowest BCUT2D eigenvalue weighted by molar-refractivity contribution is -0.384. The topological polar surface area (TPSA) is 79.0 Å². The number of benzene rings is 2. The van der Waals surface area contributed by atoms with Gasteiger partial charge in [0.15, 0.2) is 11.0 Å². The summed E-state index contributed by atoms with van der Waals surface area (Å²) in [5, 5.41) is 11.6. The van der Waals surface area contributed by atoms with Crippen molar-refractivity contribution in [2.75, 3.05) is 39.0 Å². The molecule has 0 spiro atoms. The molecule has 0 aromatic heterocycles. The maximum atomic E-state index is 12.5. The number of piperazine rings is 1. The average molecular weight is 398 g/mol. The molecule has 8 heteroatoms. The van der Waals surface area contributed by atoms with Crippen LogP contribution < -0.4 is 0 Å². The molecule has 2 aromatic carbocycles. The van der Waals surface area contributed by atoms with E-state index in [0.29, 0.717) is 5.56 Å². The summed E-state index contributed by atoms with van der Waals surface area (Å²) in [6, 6.07) is 15.4. The first kappa shape index (κ1) is 20.0. The summed E-state index contributed by atoms with van der Waals surface area (Å²) in [6.45, 7) is 3.62. The number of ketones is 1. The van der Waals surface area contributed by atoms with Crippen LogP contribution in [-0.4, -0.2) is 64.7 Å². The molecule has 1 heterocycles. The minimum atomic E-state index is -0.471. The number of carbonyl (C=O) groups is 1. The average Bonchev–Trinajstić information content (AvgIpc) is 2.72. The number of nitro groups is 1. The highest BCUT2D eigenvalue weighted by atomic mass is 32.2. The van der Waals surface area contributed by atoms with Crippen LogP contribution in [0.3, 0.4) is 0 Å². The molecule has 0 unspecified atom stereocenters. The summed E-state index contributed by atoms with van der Waals surface area (Å²) in [5.74, 6) is 0.158. The van der Waals surface area contributed by atoms with Crippen molar-refractivity contribution in [1.29, 1.82) is 0 Å². The Balaban J connectivity index is 1.71. The van der Waals surface area contributed by atoms with E-state index in [1.54, 1.807) is 0 Å². The Morgan fingerprint density at radius 1 is 1.07 bits per heavy atom. The van der Waals surface area contributed by atoms with Crippen LogP contribution in [0.5, 0.6) is 0 Å². The largest absolute Gasteiger partial charge is 0.349 e. The van der Waals surface area contributed by atoms with Crippen molar-refractivity contribution in [3.63, 3.8) is 0 Å². The van der Waals surface area contributed by atoms with Gasteiger partial charge in [-0.15, -0.1) is 0 Å². The first-order valence-electron chi connectivity index (χ1n) is 9.00. The van der Waals surface area contributed by atoms with Crippen LogP contribution in [0, 0.1) is 10.1 Å². The molecule has 7 nitrogen and oxygen atoms in total. The molecule has 0 N–H and O–H groups in total. The van der Waals surface area contributed by atoms with Gasteiger partial charge in [-0.3, -0.25) is 14.9 Å². The Morgan fingerprint density at radius 3 is 2.32 bits per heavy atom. The van der Waals surface area contributed by atoms with E-state index in [-0.39, 0.29) is 17.2 Å². The SMILES string of the molecule is CN1CCN(C(=Nc2ccccc2)SCC(=O)c2ccc([N+](=O)[O-])cc2)CC1. The Labute approximate surface area is 168 Å². The van der Waals surface area contributed by atoms with Gasteiger partial charge < -0.3 is 9.80 Å². The van der Waals surface area contributed by atoms with E-state index in [2.05, 4.69) is 16.8 Å². The third kappa shape index (κ3) is 5.40. The highest BCUT2D eigenvalue weighted by Gasteiger charge is 2.20. The predicted molar refractivity (Wildman–Crippen MR) is 112 cm³/mol. The number of nitro benzene ring substituents is 1. The maximum Gasteiger partial charge on any atom is 0.269 e. The van der Waals surface area contributed by atoms with Crippen molar-refractivity contribution in [3.8, 4) is 0 Å². The van der Waals surface area contributed by atoms with Crippen molar-refractivity contribution >= 4 is 34.1 Å². The number of likely N-dealkylation sites (N-methyl/N-ethyl adjacent to an activating group) is 1. The summed E-state index contributed by atoms with van der Waals surface area (Å²) in [4.78, 5) is 32.1. The van der Waals surface area contributed by atoms with E-state index >= 15 is 0 Å². The number of Topliss-reactive ketones (excluding diaryl/α,β-unsaturated/α-hetero) is 1. The number of amidine groups is 1. The summed E-state index contributed by atoms with van der Waals surface area (Å²) in [6.07, 6.45) is 0. The second-order valence-corrected chi connectivity index (χ2v) is 7.48. The lowest BCUT2D eigenvalue weighted by Gasteiger charge is -2.34. The van der Waals surface area contributed by atoms with E-state index in [0.717, 1.165) is 37.0 Å². The molecule has 0 bridgehead atoms. The van der Waals surface area contributed by atoms with Gasteiger partial charge in [0.2, 0.25) is 0 Å². The zero-order valence-electron chi connectivity index (χ0n) is 15.7. The molecule has 0 amide bonds. The third-order valence-electron chi connectivity index (χ3n) is 4.49. The van der Waals surface area contributed by atoms with Crippen LogP contribution in [0.2, 0.25) is 0 Å². The Hall–Kier alpha value is -2.71. The van der Waals surface area contributed by atoms with Gasteiger partial charge in [0, 0.05) is 43.9 Å². The number of non-ortho nitro benzene ring substituents is 1. The van der Waals surface area contributed by atoms with E-state index in [4.69, 9.17) is 4.99 Å². The predicted octanol–water partition coefficient (Wildman–Crippen LogP) is 3.45. The van der Waals surface area contributed by atoms with Gasteiger partial charge in [-0.2, -0.15) is 0 Å². The van der Waals surface area contributed by atoms with Gasteiger partial charge in [-0.25, -0.2) is 4.99 Å². The summed E-state index contributed by atoms with van der Waals surface area (Å²) < 4.78 is 0. The van der Waals surface area contributed by atoms with E-state index in [1.165, 1.54) is 36.0 Å². The number of rotatable bonds is 5. The number of thioether (sulfide) groups is 1. The summed E-state index contributed by atoms with van der Waals surface area (Å²) >= 11 is 1.41. The molecule has 2 aromatic rings. The van der Waals surface area contributed by atoms with Crippen LogP contribution in [0.1, 0.15) is 10.4 Å². The number of carbonyl (C=O) groups excluding carboxylic acids is 1. The number of para-hydroxylation sites is 1. The van der Waals surface area contributed by atoms with E-state index in [9.17, 15) is 14.9 Å². The fourth-order valence-corrected chi connectivity index (χ4v) is 3.75. The molecule has 1 aliphatic rings. The second-order valence-electron chi connectivity index (χ2n) is 6.54. The molecule has 146 valence electrons. The number of hydrogen-bond acceptors (Lipinski definition) is 6. The standard InChI is InChI=1S/C20H22N4O3S/c1-22-11-13-23(14-12-22)20(21-17-5-3-2-4-6-17)28-15-19(25)16-7-9-18(10-8-16)24(26)27/h2-10H,11-15H2,1H3. The Kier molecular flexibility index (Phi) is 6.78. The van der Waals surface area contributed by atoms with Crippen LogP contribution in [0.25, 0.3) is 0 Å². The first-order chi connectivity index (χ1) is 13.5. The molecule has 0 atom stereocenters. The fraction of sp³-hybridized carbons (Fsp3) is 0.300. The van der Waals surface area contributed by atoms with Crippen molar-refractivity contribution in [2.45, 2.75) is 0 Å². The molecule has 28 heavy (non-hydrogen) atoms. The summed E-state index contributed by atoms with van der Waals surface area (Å²) in [7, 11) is 2.09. The third-order valence-corrected chi connectivity index (χ3v) is 5.50. The van der Waals surface area contributed by atoms with Gasteiger partial charge >= 0.3 is 0 Å². The smallest absolute Gasteiger partial charge is 0.269 e. The first-order valence-corrected chi connectivity index (χ1v) is 9.99. The van der Waals surface area contributed by atoms with Gasteiger partial charge in [-0.1, -0.05) is 30.0 Å². The zero-order valence-corrected chi connectivity index (χ0v) is 16.5. The molecule has 0 aliphatic carbocycles. The molecule has 1 fully saturated rings. The normalized spacial score (nSPS) is 15.5. The molecule has 3 rings (SSSR count). The molecule has 1 aliphatic heterocycles. The summed E-state index contributed by atoms with van der Waals surface area (Å²) in [5.41, 5.74) is 1.30. The minimum absolute atomic E-state index is 0.0204. The fourth-order valence-electron chi connectivity index (χ4n) is 2.79. The van der Waals surface area contributed by atoms with Gasteiger partial charge in [0.1, 0.15) is 0 Å². The zero-order chi connectivity index (χ0) is 19.9. The van der Waals surface area contributed by atoms with E-state index < -0.39 is 4.92 Å². The monoisotopic (exact) mass is 398 g/mol. The van der Waals surface area contributed by atoms with Crippen LogP contribution >= 0.6 is 11.8 Å². The highest BCUT2D eigenvalue weighted by Crippen LogP contribution is 2.20. The molecular formula is C20H22N4O3S. The Bertz CT molecular complexity index is 848. The molecule has 1 saturated heterocycles. The van der Waals surface area contributed by atoms with Gasteiger partial charge in [0.05, 0.1) is 16.4 Å². The lowest BCUT2D eigenvalue weighted by atomic mass is 10.1. The van der Waals surface area contributed by atoms with Crippen LogP contribution in [-0.2, 0) is 0 Å². The maximum absolute atomic E-state index is 12.5. The van der Waals surface area contributed by atoms with Crippen molar-refractivity contribution < 1.29 is 9.72 Å². The van der Waals surface area contributed by atoms with Gasteiger partial charge in [0.25, 0.3) is 5.69 Å². The lowest BCUT2D eigenvalue weighted by Crippen LogP contribution is -2.46. The number of nitrogens with zero attached hydrogens (tertiary/aromatic N) is 4. The molecule has 0 saturated carbocycles. The quantitative estimate of drug-likeness (QED) is 0.252. The van der Waals surface area contributed by atoms with Crippen LogP contribution in [0.4, 0.5) is 11.4 Å². The van der Waals surface area contributed by atoms with E-state index in [1.807, 2.05) is 30.3 Å². The minimum Gasteiger partial charge on any atom is -0.349 e. The Morgan fingerprint density at radius 2 is 1.71 bits per heavy atom. The highest BCUT2D eigenvalue weighted by molar-refractivity contribution is 8.14. The molecular weight excluding hydrogens is 376 g/mol. The number of aliphatic imine (C=N–C) groups is 1. The van der Waals surface area contributed by atoms with Crippen molar-refractivity contribution in [1.82, 2.24) is 9.80 Å². The molecule has 0 radical (unpaired) electrons. The second kappa shape index (κ2) is 9.48. The van der Waals surface area contributed by atoms with Crippen molar-refractivity contribution in [2.24, 2.45) is 4.99 Å². The van der Waals surface area contributed by atoms with Crippen molar-refractivity contribution in [3.05, 3.63) is 70.3 Å². The van der Waals surface area contributed by atoms with Gasteiger partial charge in [-0.05, 0) is 31.3 Å².